The van der Waals surface area contributed by atoms with Crippen LogP contribution in [0, 0.1) is 23.2 Å². The second-order valence-corrected chi connectivity index (χ2v) is 2.30. The summed E-state index contributed by atoms with van der Waals surface area (Å²) in [4.78, 5) is 0. The van der Waals surface area contributed by atoms with E-state index in [0.717, 1.165) is 6.42 Å². The molecule has 2 unspecified atom stereocenters. The summed E-state index contributed by atoms with van der Waals surface area (Å²) in [5.74, 6) is 0.148. The molecule has 0 amide bonds. The van der Waals surface area contributed by atoms with Crippen molar-refractivity contribution in [1.29, 1.82) is 5.26 Å². The summed E-state index contributed by atoms with van der Waals surface area (Å²) in [5, 5.41) is 17.0. The van der Waals surface area contributed by atoms with Crippen LogP contribution >= 0.6 is 0 Å². The average molecular weight is 127 g/mol. The van der Waals surface area contributed by atoms with Crippen molar-refractivity contribution in [2.75, 3.05) is 6.61 Å². The Hall–Kier alpha value is -0.550. The molecule has 0 fully saturated rings. The lowest BCUT2D eigenvalue weighted by Crippen LogP contribution is -2.12. The zero-order valence-electron chi connectivity index (χ0n) is 5.96. The fourth-order valence-electron chi connectivity index (χ4n) is 0.633. The van der Waals surface area contributed by atoms with E-state index in [1.54, 1.807) is 0 Å². The minimum Gasteiger partial charge on any atom is -0.395 e. The monoisotopic (exact) mass is 127 g/mol. The van der Waals surface area contributed by atoms with Gasteiger partial charge in [-0.3, -0.25) is 0 Å². The molecule has 52 valence electrons. The molecule has 0 radical (unpaired) electrons. The Morgan fingerprint density at radius 1 is 1.67 bits per heavy atom. The summed E-state index contributed by atoms with van der Waals surface area (Å²) in [5.41, 5.74) is 0. The number of rotatable bonds is 3. The Labute approximate surface area is 56.1 Å². The van der Waals surface area contributed by atoms with E-state index in [2.05, 4.69) is 6.07 Å². The first-order valence-electron chi connectivity index (χ1n) is 3.26. The first kappa shape index (κ1) is 8.45. The third kappa shape index (κ3) is 2.48. The van der Waals surface area contributed by atoms with Crippen LogP contribution in [-0.2, 0) is 0 Å². The summed E-state index contributed by atoms with van der Waals surface area (Å²) >= 11 is 0. The van der Waals surface area contributed by atoms with Gasteiger partial charge in [0, 0.05) is 0 Å². The predicted molar refractivity (Wildman–Crippen MR) is 35.6 cm³/mol. The van der Waals surface area contributed by atoms with Crippen LogP contribution in [0.4, 0.5) is 0 Å². The molecule has 0 rings (SSSR count). The van der Waals surface area contributed by atoms with Crippen molar-refractivity contribution in [3.63, 3.8) is 0 Å². The third-order valence-corrected chi connectivity index (χ3v) is 1.69. The van der Waals surface area contributed by atoms with Gasteiger partial charge in [0.05, 0.1) is 18.6 Å². The van der Waals surface area contributed by atoms with Crippen LogP contribution in [0.1, 0.15) is 20.3 Å². The Balaban J connectivity index is 3.68. The van der Waals surface area contributed by atoms with Crippen molar-refractivity contribution in [2.24, 2.45) is 11.8 Å². The zero-order chi connectivity index (χ0) is 7.28. The topological polar surface area (TPSA) is 44.0 Å². The van der Waals surface area contributed by atoms with E-state index >= 15 is 0 Å². The SMILES string of the molecule is CCC(C)C(C#N)CO. The number of nitrogens with zero attached hydrogens (tertiary/aromatic N) is 1. The number of nitriles is 1. The summed E-state index contributed by atoms with van der Waals surface area (Å²) in [7, 11) is 0. The summed E-state index contributed by atoms with van der Waals surface area (Å²) < 4.78 is 0. The Morgan fingerprint density at radius 2 is 2.22 bits per heavy atom. The highest BCUT2D eigenvalue weighted by atomic mass is 16.3. The molecule has 9 heavy (non-hydrogen) atoms. The molecule has 0 saturated heterocycles. The third-order valence-electron chi connectivity index (χ3n) is 1.69. The van der Waals surface area contributed by atoms with Crippen LogP contribution in [0.2, 0.25) is 0 Å². The zero-order valence-corrected chi connectivity index (χ0v) is 5.96. The molecule has 0 saturated carbocycles. The molecule has 0 heterocycles. The summed E-state index contributed by atoms with van der Waals surface area (Å²) in [6.45, 7) is 3.99. The van der Waals surface area contributed by atoms with Gasteiger partial charge in [0.25, 0.3) is 0 Å². The molecule has 0 aliphatic carbocycles. The number of aliphatic hydroxyl groups is 1. The van der Waals surface area contributed by atoms with Gasteiger partial charge in [0.2, 0.25) is 0 Å². The molecule has 2 atom stereocenters. The van der Waals surface area contributed by atoms with Gasteiger partial charge >= 0.3 is 0 Å². The van der Waals surface area contributed by atoms with Gasteiger partial charge in [-0.15, -0.1) is 0 Å². The Kier molecular flexibility index (Phi) is 4.08. The van der Waals surface area contributed by atoms with Crippen molar-refractivity contribution in [1.82, 2.24) is 0 Å². The van der Waals surface area contributed by atoms with Crippen molar-refractivity contribution < 1.29 is 5.11 Å². The second kappa shape index (κ2) is 4.34. The highest BCUT2D eigenvalue weighted by Crippen LogP contribution is 2.12. The van der Waals surface area contributed by atoms with Gasteiger partial charge in [0.15, 0.2) is 0 Å². The molecular formula is C7H13NO. The quantitative estimate of drug-likeness (QED) is 0.618. The van der Waals surface area contributed by atoms with Crippen LogP contribution in [-0.4, -0.2) is 11.7 Å². The van der Waals surface area contributed by atoms with E-state index in [-0.39, 0.29) is 12.5 Å². The molecule has 0 bridgehead atoms. The van der Waals surface area contributed by atoms with Gasteiger partial charge in [-0.25, -0.2) is 0 Å². The predicted octanol–water partition coefficient (Wildman–Crippen LogP) is 1.16. The number of hydrogen-bond donors (Lipinski definition) is 1. The molecule has 2 heteroatoms. The average Bonchev–Trinajstić information content (AvgIpc) is 1.90. The molecule has 0 aromatic rings. The molecule has 2 nitrogen and oxygen atoms in total. The minimum absolute atomic E-state index is 0.00843. The van der Waals surface area contributed by atoms with Gasteiger partial charge in [0.1, 0.15) is 0 Å². The maximum Gasteiger partial charge on any atom is 0.0719 e. The number of aliphatic hydroxyl groups excluding tert-OH is 1. The van der Waals surface area contributed by atoms with Crippen LogP contribution in [0.15, 0.2) is 0 Å². The van der Waals surface area contributed by atoms with Gasteiger partial charge in [-0.1, -0.05) is 20.3 Å². The van der Waals surface area contributed by atoms with Crippen LogP contribution in [0.5, 0.6) is 0 Å². The van der Waals surface area contributed by atoms with Crippen molar-refractivity contribution in [2.45, 2.75) is 20.3 Å². The lowest BCUT2D eigenvalue weighted by atomic mass is 9.94. The molecule has 0 aromatic heterocycles. The first-order chi connectivity index (χ1) is 4.26. The van der Waals surface area contributed by atoms with E-state index in [0.29, 0.717) is 5.92 Å². The fraction of sp³-hybridized carbons (Fsp3) is 0.857. The molecular weight excluding hydrogens is 114 g/mol. The number of hydrogen-bond acceptors (Lipinski definition) is 2. The summed E-state index contributed by atoms with van der Waals surface area (Å²) in [6, 6.07) is 2.05. The smallest absolute Gasteiger partial charge is 0.0719 e. The summed E-state index contributed by atoms with van der Waals surface area (Å²) in [6.07, 6.45) is 0.957. The van der Waals surface area contributed by atoms with E-state index in [1.165, 1.54) is 0 Å². The van der Waals surface area contributed by atoms with Crippen LogP contribution in [0.25, 0.3) is 0 Å². The van der Waals surface area contributed by atoms with Crippen molar-refractivity contribution >= 4 is 0 Å². The van der Waals surface area contributed by atoms with E-state index in [1.807, 2.05) is 13.8 Å². The largest absolute Gasteiger partial charge is 0.395 e. The molecule has 1 N–H and O–H groups in total. The first-order valence-corrected chi connectivity index (χ1v) is 3.26. The van der Waals surface area contributed by atoms with Crippen molar-refractivity contribution in [3.8, 4) is 6.07 Å². The molecule has 0 aliphatic heterocycles. The molecule has 0 aliphatic rings. The van der Waals surface area contributed by atoms with E-state index < -0.39 is 0 Å². The van der Waals surface area contributed by atoms with Crippen LogP contribution < -0.4 is 0 Å². The Morgan fingerprint density at radius 3 is 2.33 bits per heavy atom. The van der Waals surface area contributed by atoms with E-state index in [4.69, 9.17) is 10.4 Å². The highest BCUT2D eigenvalue weighted by molar-refractivity contribution is 4.85. The van der Waals surface area contributed by atoms with Crippen LogP contribution in [0.3, 0.4) is 0 Å². The van der Waals surface area contributed by atoms with Gasteiger partial charge < -0.3 is 5.11 Å². The van der Waals surface area contributed by atoms with Gasteiger partial charge in [-0.05, 0) is 5.92 Å². The maximum absolute atomic E-state index is 8.61. The highest BCUT2D eigenvalue weighted by Gasteiger charge is 2.12. The fourth-order valence-corrected chi connectivity index (χ4v) is 0.633. The second-order valence-electron chi connectivity index (χ2n) is 2.30. The standard InChI is InChI=1S/C7H13NO/c1-3-6(2)7(4-8)5-9/h6-7,9H,3,5H2,1-2H3. The Bertz CT molecular complexity index is 106. The molecule has 0 aromatic carbocycles. The lowest BCUT2D eigenvalue weighted by molar-refractivity contribution is 0.217. The van der Waals surface area contributed by atoms with Gasteiger partial charge in [-0.2, -0.15) is 5.26 Å². The van der Waals surface area contributed by atoms with Crippen molar-refractivity contribution in [3.05, 3.63) is 0 Å². The minimum atomic E-state index is -0.171. The lowest BCUT2D eigenvalue weighted by Gasteiger charge is -2.11. The molecule has 0 spiro atoms. The maximum atomic E-state index is 8.61. The van der Waals surface area contributed by atoms with E-state index in [9.17, 15) is 0 Å². The normalized spacial score (nSPS) is 16.2.